The van der Waals surface area contributed by atoms with Crippen LogP contribution in [0.15, 0.2) is 91.0 Å². The standard InChI is InChI=1S/C24H18ClF/c25-23-13-11-20(12-14-23)19-7-5-17(6-8-19)15-24(26)22-10-9-18-3-1-2-4-21(18)16-22/h1-14,16,24H,15H2. The number of benzene rings is 4. The highest BCUT2D eigenvalue weighted by molar-refractivity contribution is 6.30. The van der Waals surface area contributed by atoms with E-state index in [2.05, 4.69) is 0 Å². The highest BCUT2D eigenvalue weighted by atomic mass is 35.5. The lowest BCUT2D eigenvalue weighted by Crippen LogP contribution is -1.97. The zero-order valence-electron chi connectivity index (χ0n) is 14.2. The average molecular weight is 361 g/mol. The summed E-state index contributed by atoms with van der Waals surface area (Å²) in [4.78, 5) is 0. The quantitative estimate of drug-likeness (QED) is 0.355. The van der Waals surface area contributed by atoms with Gasteiger partial charge in [0.1, 0.15) is 6.17 Å². The maximum absolute atomic E-state index is 14.8. The summed E-state index contributed by atoms with van der Waals surface area (Å²) in [6, 6.07) is 29.7. The maximum atomic E-state index is 14.8. The number of fused-ring (bicyclic) bond motifs is 1. The topological polar surface area (TPSA) is 0 Å². The predicted octanol–water partition coefficient (Wildman–Crippen LogP) is 7.41. The Morgan fingerprint density at radius 1 is 0.692 bits per heavy atom. The number of rotatable bonds is 4. The third kappa shape index (κ3) is 3.63. The Bertz CT molecular complexity index is 1020. The fourth-order valence-corrected chi connectivity index (χ4v) is 3.33. The number of alkyl halides is 1. The third-order valence-corrected chi connectivity index (χ3v) is 4.93. The molecule has 0 aliphatic rings. The molecule has 4 aromatic rings. The van der Waals surface area contributed by atoms with Gasteiger partial charge in [0, 0.05) is 11.4 Å². The van der Waals surface area contributed by atoms with Crippen molar-refractivity contribution in [3.8, 4) is 11.1 Å². The smallest absolute Gasteiger partial charge is 0.129 e. The Balaban J connectivity index is 1.51. The van der Waals surface area contributed by atoms with Gasteiger partial charge in [0.15, 0.2) is 0 Å². The molecule has 1 unspecified atom stereocenters. The molecule has 0 aromatic heterocycles. The highest BCUT2D eigenvalue weighted by Crippen LogP contribution is 2.27. The monoisotopic (exact) mass is 360 g/mol. The molecule has 0 bridgehead atoms. The van der Waals surface area contributed by atoms with Crippen LogP contribution < -0.4 is 0 Å². The van der Waals surface area contributed by atoms with Crippen molar-refractivity contribution in [2.24, 2.45) is 0 Å². The van der Waals surface area contributed by atoms with Crippen molar-refractivity contribution in [3.05, 3.63) is 107 Å². The van der Waals surface area contributed by atoms with Gasteiger partial charge >= 0.3 is 0 Å². The maximum Gasteiger partial charge on any atom is 0.129 e. The van der Waals surface area contributed by atoms with Gasteiger partial charge < -0.3 is 0 Å². The average Bonchev–Trinajstić information content (AvgIpc) is 2.69. The fourth-order valence-electron chi connectivity index (χ4n) is 3.20. The molecule has 4 aromatic carbocycles. The van der Waals surface area contributed by atoms with Crippen molar-refractivity contribution in [1.29, 1.82) is 0 Å². The van der Waals surface area contributed by atoms with E-state index in [1.807, 2.05) is 91.0 Å². The molecule has 4 rings (SSSR count). The molecule has 0 saturated heterocycles. The fraction of sp³-hybridized carbons (Fsp3) is 0.0833. The van der Waals surface area contributed by atoms with E-state index in [1.54, 1.807) is 0 Å². The summed E-state index contributed by atoms with van der Waals surface area (Å²) in [6.45, 7) is 0. The molecule has 0 aliphatic carbocycles. The molecule has 0 amide bonds. The van der Waals surface area contributed by atoms with Crippen LogP contribution in [-0.4, -0.2) is 0 Å². The van der Waals surface area contributed by atoms with Crippen molar-refractivity contribution in [3.63, 3.8) is 0 Å². The van der Waals surface area contributed by atoms with E-state index >= 15 is 0 Å². The Labute approximate surface area is 157 Å². The van der Waals surface area contributed by atoms with Crippen LogP contribution in [-0.2, 0) is 6.42 Å². The molecule has 0 nitrogen and oxygen atoms in total. The number of hydrogen-bond donors (Lipinski definition) is 0. The van der Waals surface area contributed by atoms with Gasteiger partial charge in [-0.3, -0.25) is 0 Å². The van der Waals surface area contributed by atoms with E-state index < -0.39 is 6.17 Å². The van der Waals surface area contributed by atoms with Crippen molar-refractivity contribution in [1.82, 2.24) is 0 Å². The number of hydrogen-bond acceptors (Lipinski definition) is 0. The van der Waals surface area contributed by atoms with Gasteiger partial charge in [0.25, 0.3) is 0 Å². The van der Waals surface area contributed by atoms with Crippen molar-refractivity contribution >= 4 is 22.4 Å². The Morgan fingerprint density at radius 2 is 1.31 bits per heavy atom. The molecule has 0 aliphatic heterocycles. The van der Waals surface area contributed by atoms with Gasteiger partial charge in [-0.1, -0.05) is 84.4 Å². The van der Waals surface area contributed by atoms with Gasteiger partial charge in [-0.15, -0.1) is 0 Å². The van der Waals surface area contributed by atoms with Gasteiger partial charge in [-0.25, -0.2) is 4.39 Å². The van der Waals surface area contributed by atoms with Crippen molar-refractivity contribution < 1.29 is 4.39 Å². The number of halogens is 2. The molecule has 0 fully saturated rings. The van der Waals surface area contributed by atoms with Gasteiger partial charge in [0.05, 0.1) is 0 Å². The van der Waals surface area contributed by atoms with E-state index in [0.29, 0.717) is 6.42 Å². The first kappa shape index (κ1) is 16.8. The normalized spacial score (nSPS) is 12.2. The van der Waals surface area contributed by atoms with E-state index in [0.717, 1.165) is 38.0 Å². The lowest BCUT2D eigenvalue weighted by Gasteiger charge is -2.11. The molecule has 128 valence electrons. The summed E-state index contributed by atoms with van der Waals surface area (Å²) in [5, 5.41) is 2.93. The summed E-state index contributed by atoms with van der Waals surface area (Å²) in [7, 11) is 0. The molecule has 1 atom stereocenters. The van der Waals surface area contributed by atoms with Crippen LogP contribution in [0.4, 0.5) is 4.39 Å². The lowest BCUT2D eigenvalue weighted by atomic mass is 9.98. The highest BCUT2D eigenvalue weighted by Gasteiger charge is 2.11. The van der Waals surface area contributed by atoms with Crippen LogP contribution in [0.25, 0.3) is 21.9 Å². The molecule has 0 heterocycles. The zero-order chi connectivity index (χ0) is 17.9. The molecule has 26 heavy (non-hydrogen) atoms. The van der Waals surface area contributed by atoms with E-state index in [9.17, 15) is 4.39 Å². The largest absolute Gasteiger partial charge is 0.242 e. The van der Waals surface area contributed by atoms with E-state index in [4.69, 9.17) is 11.6 Å². The second-order valence-corrected chi connectivity index (χ2v) is 6.92. The van der Waals surface area contributed by atoms with Crippen LogP contribution >= 0.6 is 11.6 Å². The first-order valence-electron chi connectivity index (χ1n) is 8.67. The second-order valence-electron chi connectivity index (χ2n) is 6.48. The van der Waals surface area contributed by atoms with E-state index in [-0.39, 0.29) is 0 Å². The predicted molar refractivity (Wildman–Crippen MR) is 108 cm³/mol. The first-order valence-corrected chi connectivity index (χ1v) is 9.04. The van der Waals surface area contributed by atoms with Crippen LogP contribution in [0.1, 0.15) is 17.3 Å². The van der Waals surface area contributed by atoms with Crippen LogP contribution in [0.5, 0.6) is 0 Å². The van der Waals surface area contributed by atoms with Crippen molar-refractivity contribution in [2.75, 3.05) is 0 Å². The summed E-state index contributed by atoms with van der Waals surface area (Å²) in [5.74, 6) is 0. The van der Waals surface area contributed by atoms with Crippen LogP contribution in [0, 0.1) is 0 Å². The minimum absolute atomic E-state index is 0.374. The summed E-state index contributed by atoms with van der Waals surface area (Å²) < 4.78 is 14.8. The third-order valence-electron chi connectivity index (χ3n) is 4.68. The Morgan fingerprint density at radius 3 is 2.00 bits per heavy atom. The molecular weight excluding hydrogens is 343 g/mol. The van der Waals surface area contributed by atoms with Gasteiger partial charge in [-0.05, 0) is 51.2 Å². The van der Waals surface area contributed by atoms with Gasteiger partial charge in [0.2, 0.25) is 0 Å². The minimum Gasteiger partial charge on any atom is -0.242 e. The zero-order valence-corrected chi connectivity index (χ0v) is 15.0. The molecule has 2 heteroatoms. The molecule has 0 spiro atoms. The lowest BCUT2D eigenvalue weighted by molar-refractivity contribution is 0.342. The Hall–Kier alpha value is -2.64. The molecule has 0 N–H and O–H groups in total. The summed E-state index contributed by atoms with van der Waals surface area (Å²) in [5.41, 5.74) is 3.92. The Kier molecular flexibility index (Phi) is 4.73. The molecule has 0 radical (unpaired) electrons. The summed E-state index contributed by atoms with van der Waals surface area (Å²) in [6.07, 6.45) is -0.639. The van der Waals surface area contributed by atoms with Crippen LogP contribution in [0.2, 0.25) is 5.02 Å². The molecular formula is C24H18ClF. The molecule has 0 saturated carbocycles. The van der Waals surface area contributed by atoms with Crippen molar-refractivity contribution in [2.45, 2.75) is 12.6 Å². The minimum atomic E-state index is -1.01. The van der Waals surface area contributed by atoms with Gasteiger partial charge in [-0.2, -0.15) is 0 Å². The first-order chi connectivity index (χ1) is 12.7. The van der Waals surface area contributed by atoms with Crippen LogP contribution in [0.3, 0.4) is 0 Å². The second kappa shape index (κ2) is 7.31. The SMILES string of the molecule is FC(Cc1ccc(-c2ccc(Cl)cc2)cc1)c1ccc2ccccc2c1. The summed E-state index contributed by atoms with van der Waals surface area (Å²) >= 11 is 5.93. The van der Waals surface area contributed by atoms with E-state index in [1.165, 1.54) is 0 Å².